The number of likely N-dealkylation sites (N-methyl/N-ethyl adjacent to an activating group) is 1. The van der Waals surface area contributed by atoms with Gasteiger partial charge in [0.25, 0.3) is 11.5 Å². The standard InChI is InChI=1S/C21H30N4O2/c1-25-4-2-3-16(12-25)23-18(26)17-11-22-20(24-19(17)27)21-8-13-5-14(9-21)7-15(6-13)10-21/h11,13-16H,2-10,12H2,1H3,(H,23,26)(H,22,24,27). The lowest BCUT2D eigenvalue weighted by Crippen LogP contribution is -2.50. The summed E-state index contributed by atoms with van der Waals surface area (Å²) in [5.74, 6) is 2.94. The minimum absolute atomic E-state index is 0.0506. The van der Waals surface area contributed by atoms with Gasteiger partial charge in [0.2, 0.25) is 0 Å². The molecule has 2 heterocycles. The maximum atomic E-state index is 12.7. The van der Waals surface area contributed by atoms with E-state index in [1.54, 1.807) is 0 Å². The van der Waals surface area contributed by atoms with Gasteiger partial charge in [-0.05, 0) is 82.7 Å². The number of amides is 1. The molecule has 4 aliphatic carbocycles. The van der Waals surface area contributed by atoms with E-state index < -0.39 is 0 Å². The van der Waals surface area contributed by atoms with Crippen LogP contribution in [0.4, 0.5) is 0 Å². The van der Waals surface area contributed by atoms with Gasteiger partial charge in [0.1, 0.15) is 11.4 Å². The largest absolute Gasteiger partial charge is 0.348 e. The van der Waals surface area contributed by atoms with Gasteiger partial charge >= 0.3 is 0 Å². The quantitative estimate of drug-likeness (QED) is 0.854. The summed E-state index contributed by atoms with van der Waals surface area (Å²) >= 11 is 0. The van der Waals surface area contributed by atoms with Crippen LogP contribution in [0.3, 0.4) is 0 Å². The minimum atomic E-state index is -0.291. The summed E-state index contributed by atoms with van der Waals surface area (Å²) in [6.45, 7) is 1.90. The first-order chi connectivity index (χ1) is 13.0. The predicted octanol–water partition coefficient (Wildman–Crippen LogP) is 2.06. The van der Waals surface area contributed by atoms with Crippen molar-refractivity contribution in [3.8, 4) is 0 Å². The highest BCUT2D eigenvalue weighted by Crippen LogP contribution is 2.59. The smallest absolute Gasteiger partial charge is 0.263 e. The molecule has 4 bridgehead atoms. The Hall–Kier alpha value is -1.69. The van der Waals surface area contributed by atoms with Crippen molar-refractivity contribution in [3.05, 3.63) is 27.9 Å². The first-order valence-corrected chi connectivity index (χ1v) is 10.6. The lowest BCUT2D eigenvalue weighted by molar-refractivity contribution is -0.00954. The van der Waals surface area contributed by atoms with E-state index in [2.05, 4.69) is 27.2 Å². The summed E-state index contributed by atoms with van der Waals surface area (Å²) in [5.41, 5.74) is -0.0799. The molecule has 0 spiro atoms. The lowest BCUT2D eigenvalue weighted by Gasteiger charge is -2.56. The average molecular weight is 370 g/mol. The van der Waals surface area contributed by atoms with E-state index in [1.165, 1.54) is 25.5 Å². The molecule has 0 aromatic carbocycles. The highest BCUT2D eigenvalue weighted by atomic mass is 16.2. The Balaban J connectivity index is 1.35. The number of likely N-dealkylation sites (tertiary alicyclic amines) is 1. The van der Waals surface area contributed by atoms with Gasteiger partial charge in [0, 0.05) is 24.2 Å². The van der Waals surface area contributed by atoms with E-state index in [0.717, 1.165) is 68.8 Å². The number of rotatable bonds is 3. The van der Waals surface area contributed by atoms with Crippen LogP contribution in [0, 0.1) is 17.8 Å². The van der Waals surface area contributed by atoms with Crippen molar-refractivity contribution < 1.29 is 4.79 Å². The Morgan fingerprint density at radius 3 is 2.48 bits per heavy atom. The average Bonchev–Trinajstić information content (AvgIpc) is 2.60. The minimum Gasteiger partial charge on any atom is -0.348 e. The van der Waals surface area contributed by atoms with Crippen LogP contribution in [0.25, 0.3) is 0 Å². The zero-order valence-corrected chi connectivity index (χ0v) is 16.2. The van der Waals surface area contributed by atoms with Crippen molar-refractivity contribution in [1.82, 2.24) is 20.2 Å². The van der Waals surface area contributed by atoms with E-state index in [-0.39, 0.29) is 28.5 Å². The van der Waals surface area contributed by atoms with E-state index in [4.69, 9.17) is 0 Å². The number of hydrogen-bond donors (Lipinski definition) is 2. The van der Waals surface area contributed by atoms with E-state index in [1.807, 2.05) is 0 Å². The number of H-pyrrole nitrogens is 1. The molecule has 1 saturated heterocycles. The third-order valence-corrected chi connectivity index (χ3v) is 7.54. The molecule has 6 rings (SSSR count). The Labute approximate surface area is 160 Å². The molecule has 6 heteroatoms. The van der Waals surface area contributed by atoms with Gasteiger partial charge in [0.15, 0.2) is 0 Å². The number of nitrogens with one attached hydrogen (secondary N) is 2. The number of aromatic nitrogens is 2. The molecule has 6 nitrogen and oxygen atoms in total. The highest BCUT2D eigenvalue weighted by Gasteiger charge is 2.52. The van der Waals surface area contributed by atoms with Gasteiger partial charge < -0.3 is 15.2 Å². The van der Waals surface area contributed by atoms with E-state index in [9.17, 15) is 9.59 Å². The van der Waals surface area contributed by atoms with Crippen LogP contribution in [0.2, 0.25) is 0 Å². The topological polar surface area (TPSA) is 78.1 Å². The second-order valence-electron chi connectivity index (χ2n) is 9.75. The van der Waals surface area contributed by atoms with Crippen LogP contribution >= 0.6 is 0 Å². The monoisotopic (exact) mass is 370 g/mol. The molecule has 27 heavy (non-hydrogen) atoms. The third-order valence-electron chi connectivity index (χ3n) is 7.54. The number of carbonyl (C=O) groups excluding carboxylic acids is 1. The molecule has 1 unspecified atom stereocenters. The summed E-state index contributed by atoms with van der Waals surface area (Å²) in [5, 5.41) is 3.02. The van der Waals surface area contributed by atoms with Crippen molar-refractivity contribution in [2.45, 2.75) is 62.8 Å². The molecule has 1 aliphatic heterocycles. The van der Waals surface area contributed by atoms with E-state index in [0.29, 0.717) is 0 Å². The van der Waals surface area contributed by atoms with Gasteiger partial charge in [-0.15, -0.1) is 0 Å². The number of piperidine rings is 1. The van der Waals surface area contributed by atoms with Crippen LogP contribution in [0.1, 0.15) is 67.5 Å². The summed E-state index contributed by atoms with van der Waals surface area (Å²) in [6.07, 6.45) is 11.1. The molecule has 1 aromatic rings. The van der Waals surface area contributed by atoms with Crippen molar-refractivity contribution in [3.63, 3.8) is 0 Å². The summed E-state index contributed by atoms with van der Waals surface area (Å²) in [4.78, 5) is 35.2. The van der Waals surface area contributed by atoms with Crippen LogP contribution in [0.15, 0.2) is 11.0 Å². The van der Waals surface area contributed by atoms with Crippen LogP contribution in [-0.2, 0) is 5.41 Å². The highest BCUT2D eigenvalue weighted by molar-refractivity contribution is 5.93. The zero-order valence-electron chi connectivity index (χ0n) is 16.2. The number of hydrogen-bond acceptors (Lipinski definition) is 4. The molecule has 1 amide bonds. The molecule has 146 valence electrons. The second-order valence-corrected chi connectivity index (χ2v) is 9.75. The maximum Gasteiger partial charge on any atom is 0.263 e. The Kier molecular flexibility index (Phi) is 4.15. The first-order valence-electron chi connectivity index (χ1n) is 10.6. The van der Waals surface area contributed by atoms with Gasteiger partial charge in [-0.25, -0.2) is 4.98 Å². The van der Waals surface area contributed by atoms with Crippen molar-refractivity contribution in [2.75, 3.05) is 20.1 Å². The van der Waals surface area contributed by atoms with Crippen molar-refractivity contribution >= 4 is 5.91 Å². The fraction of sp³-hybridized carbons (Fsp3) is 0.762. The third kappa shape index (κ3) is 3.12. The van der Waals surface area contributed by atoms with Gasteiger partial charge in [-0.3, -0.25) is 9.59 Å². The molecule has 5 fully saturated rings. The van der Waals surface area contributed by atoms with Crippen LogP contribution in [-0.4, -0.2) is 47.0 Å². The molecule has 5 aliphatic rings. The molecule has 1 atom stereocenters. The SMILES string of the molecule is CN1CCCC(NC(=O)c2cnc(C34CC5CC(CC(C5)C3)C4)[nH]c2=O)C1. The van der Waals surface area contributed by atoms with Crippen molar-refractivity contribution in [2.24, 2.45) is 17.8 Å². The molecular weight excluding hydrogens is 340 g/mol. The molecule has 2 N–H and O–H groups in total. The normalized spacial score (nSPS) is 38.1. The fourth-order valence-electron chi connectivity index (χ4n) is 6.77. The Bertz CT molecular complexity index is 766. The molecule has 0 radical (unpaired) electrons. The lowest BCUT2D eigenvalue weighted by atomic mass is 9.49. The number of aromatic amines is 1. The molecule has 1 aromatic heterocycles. The predicted molar refractivity (Wildman–Crippen MR) is 103 cm³/mol. The number of nitrogens with zero attached hydrogens (tertiary/aromatic N) is 2. The maximum absolute atomic E-state index is 12.7. The fourth-order valence-corrected chi connectivity index (χ4v) is 6.77. The van der Waals surface area contributed by atoms with Gasteiger partial charge in [-0.1, -0.05) is 0 Å². The summed E-state index contributed by atoms with van der Waals surface area (Å²) in [7, 11) is 2.06. The van der Waals surface area contributed by atoms with E-state index >= 15 is 0 Å². The van der Waals surface area contributed by atoms with Crippen LogP contribution in [0.5, 0.6) is 0 Å². The van der Waals surface area contributed by atoms with Crippen molar-refractivity contribution in [1.29, 1.82) is 0 Å². The molecule has 4 saturated carbocycles. The summed E-state index contributed by atoms with van der Waals surface area (Å²) < 4.78 is 0. The van der Waals surface area contributed by atoms with Gasteiger partial charge in [0.05, 0.1) is 0 Å². The first kappa shape index (κ1) is 17.4. The van der Waals surface area contributed by atoms with Gasteiger partial charge in [-0.2, -0.15) is 0 Å². The summed E-state index contributed by atoms with van der Waals surface area (Å²) in [6, 6.07) is 0.110. The van der Waals surface area contributed by atoms with Crippen LogP contribution < -0.4 is 10.9 Å². The number of carbonyl (C=O) groups is 1. The second kappa shape index (κ2) is 6.43. The Morgan fingerprint density at radius 1 is 1.22 bits per heavy atom. The zero-order chi connectivity index (χ0) is 18.6. The molecular formula is C21H30N4O2. The Morgan fingerprint density at radius 2 is 1.89 bits per heavy atom.